The third kappa shape index (κ3) is 2.74. The molecule has 0 aromatic carbocycles. The van der Waals surface area contributed by atoms with Gasteiger partial charge in [0.1, 0.15) is 0 Å². The minimum absolute atomic E-state index is 0.226. The average molecular weight is 226 g/mol. The lowest BCUT2D eigenvalue weighted by Gasteiger charge is -2.33. The Morgan fingerprint density at radius 2 is 2.12 bits per heavy atom. The van der Waals surface area contributed by atoms with E-state index in [1.165, 1.54) is 0 Å². The van der Waals surface area contributed by atoms with Gasteiger partial charge in [-0.1, -0.05) is 0 Å². The first-order valence-electron chi connectivity index (χ1n) is 6.42. The molecular formula is C12H22N2O2. The second kappa shape index (κ2) is 5.64. The molecule has 0 aromatic rings. The number of piperidine rings is 1. The zero-order chi connectivity index (χ0) is 11.4. The first kappa shape index (κ1) is 11.9. The van der Waals surface area contributed by atoms with Gasteiger partial charge in [0.05, 0.1) is 12.0 Å². The Morgan fingerprint density at radius 1 is 1.38 bits per heavy atom. The van der Waals surface area contributed by atoms with Crippen LogP contribution in [0, 0.1) is 5.92 Å². The largest absolute Gasteiger partial charge is 0.378 e. The van der Waals surface area contributed by atoms with E-state index in [2.05, 4.69) is 5.32 Å². The molecule has 92 valence electrons. The quantitative estimate of drug-likeness (QED) is 0.767. The summed E-state index contributed by atoms with van der Waals surface area (Å²) in [6, 6.07) is 0. The van der Waals surface area contributed by atoms with Crippen molar-refractivity contribution in [1.29, 1.82) is 0 Å². The molecule has 2 aliphatic rings. The predicted molar refractivity (Wildman–Crippen MR) is 62.2 cm³/mol. The SMILES string of the molecule is CCOC1CCN(C(=O)C2CCNC2)CC1. The topological polar surface area (TPSA) is 41.6 Å². The minimum Gasteiger partial charge on any atom is -0.378 e. The molecule has 2 aliphatic heterocycles. The van der Waals surface area contributed by atoms with Crippen LogP contribution in [0.5, 0.6) is 0 Å². The van der Waals surface area contributed by atoms with Crippen molar-refractivity contribution < 1.29 is 9.53 Å². The van der Waals surface area contributed by atoms with E-state index >= 15 is 0 Å². The summed E-state index contributed by atoms with van der Waals surface area (Å²) in [5, 5.41) is 3.25. The summed E-state index contributed by atoms with van der Waals surface area (Å²) in [4.78, 5) is 14.1. The number of nitrogens with one attached hydrogen (secondary N) is 1. The molecule has 0 bridgehead atoms. The number of nitrogens with zero attached hydrogens (tertiary/aromatic N) is 1. The number of likely N-dealkylation sites (tertiary alicyclic amines) is 1. The third-order valence-corrected chi connectivity index (χ3v) is 3.57. The van der Waals surface area contributed by atoms with Crippen LogP contribution < -0.4 is 5.32 Å². The Hall–Kier alpha value is -0.610. The van der Waals surface area contributed by atoms with Gasteiger partial charge in [-0.3, -0.25) is 4.79 Å². The maximum atomic E-state index is 12.1. The van der Waals surface area contributed by atoms with Crippen molar-refractivity contribution in [1.82, 2.24) is 10.2 Å². The predicted octanol–water partition coefficient (Wildman–Crippen LogP) is 0.623. The number of ether oxygens (including phenoxy) is 1. The summed E-state index contributed by atoms with van der Waals surface area (Å²) in [5.41, 5.74) is 0. The normalized spacial score (nSPS) is 27.3. The smallest absolute Gasteiger partial charge is 0.227 e. The van der Waals surface area contributed by atoms with Crippen LogP contribution in [0.25, 0.3) is 0 Å². The van der Waals surface area contributed by atoms with Crippen LogP contribution in [0.15, 0.2) is 0 Å². The average Bonchev–Trinajstić information content (AvgIpc) is 2.83. The molecule has 1 atom stereocenters. The molecule has 2 fully saturated rings. The lowest BCUT2D eigenvalue weighted by atomic mass is 10.0. The number of amides is 1. The maximum absolute atomic E-state index is 12.1. The van der Waals surface area contributed by atoms with Gasteiger partial charge in [0, 0.05) is 26.2 Å². The highest BCUT2D eigenvalue weighted by atomic mass is 16.5. The van der Waals surface area contributed by atoms with E-state index in [0.717, 1.165) is 52.0 Å². The summed E-state index contributed by atoms with van der Waals surface area (Å²) in [6.07, 6.45) is 3.37. The first-order chi connectivity index (χ1) is 7.81. The number of carbonyl (C=O) groups is 1. The van der Waals surface area contributed by atoms with E-state index in [4.69, 9.17) is 4.74 Å². The van der Waals surface area contributed by atoms with Gasteiger partial charge in [-0.2, -0.15) is 0 Å². The molecule has 1 N–H and O–H groups in total. The number of rotatable bonds is 3. The molecule has 0 aliphatic carbocycles. The molecule has 2 rings (SSSR count). The van der Waals surface area contributed by atoms with Crippen molar-refractivity contribution in [3.05, 3.63) is 0 Å². The van der Waals surface area contributed by atoms with Crippen molar-refractivity contribution in [2.75, 3.05) is 32.8 Å². The Kier molecular flexibility index (Phi) is 4.18. The maximum Gasteiger partial charge on any atom is 0.227 e. The van der Waals surface area contributed by atoms with Gasteiger partial charge in [-0.25, -0.2) is 0 Å². The van der Waals surface area contributed by atoms with E-state index in [1.54, 1.807) is 0 Å². The van der Waals surface area contributed by atoms with Crippen LogP contribution >= 0.6 is 0 Å². The van der Waals surface area contributed by atoms with Crippen LogP contribution in [0.3, 0.4) is 0 Å². The lowest BCUT2D eigenvalue weighted by molar-refractivity contribution is -0.137. The van der Waals surface area contributed by atoms with Gasteiger partial charge in [-0.15, -0.1) is 0 Å². The van der Waals surface area contributed by atoms with Gasteiger partial charge in [0.2, 0.25) is 5.91 Å². The lowest BCUT2D eigenvalue weighted by Crippen LogP contribution is -2.44. The molecule has 0 spiro atoms. The number of hydrogen-bond donors (Lipinski definition) is 1. The van der Waals surface area contributed by atoms with Gasteiger partial charge < -0.3 is 15.0 Å². The summed E-state index contributed by atoms with van der Waals surface area (Å²) < 4.78 is 5.59. The van der Waals surface area contributed by atoms with E-state index in [0.29, 0.717) is 12.0 Å². The van der Waals surface area contributed by atoms with E-state index < -0.39 is 0 Å². The van der Waals surface area contributed by atoms with Crippen molar-refractivity contribution in [2.45, 2.75) is 32.3 Å². The molecule has 0 radical (unpaired) electrons. The molecule has 0 saturated carbocycles. The highest BCUT2D eigenvalue weighted by molar-refractivity contribution is 5.79. The molecule has 1 amide bonds. The minimum atomic E-state index is 0.226. The Bertz CT molecular complexity index is 231. The van der Waals surface area contributed by atoms with Gasteiger partial charge in [0.25, 0.3) is 0 Å². The second-order valence-corrected chi connectivity index (χ2v) is 4.67. The second-order valence-electron chi connectivity index (χ2n) is 4.67. The Balaban J connectivity index is 1.77. The molecule has 1 unspecified atom stereocenters. The molecule has 16 heavy (non-hydrogen) atoms. The molecule has 4 heteroatoms. The molecular weight excluding hydrogens is 204 g/mol. The summed E-state index contributed by atoms with van der Waals surface area (Å²) in [7, 11) is 0. The van der Waals surface area contributed by atoms with Crippen LogP contribution in [0.1, 0.15) is 26.2 Å². The van der Waals surface area contributed by atoms with Crippen LogP contribution in [0.2, 0.25) is 0 Å². The number of hydrogen-bond acceptors (Lipinski definition) is 3. The fraction of sp³-hybridized carbons (Fsp3) is 0.917. The fourth-order valence-corrected chi connectivity index (χ4v) is 2.60. The number of carbonyl (C=O) groups excluding carboxylic acids is 1. The van der Waals surface area contributed by atoms with Gasteiger partial charge >= 0.3 is 0 Å². The zero-order valence-corrected chi connectivity index (χ0v) is 10.1. The molecule has 4 nitrogen and oxygen atoms in total. The molecule has 2 saturated heterocycles. The highest BCUT2D eigenvalue weighted by Crippen LogP contribution is 2.18. The van der Waals surface area contributed by atoms with Gasteiger partial charge in [-0.05, 0) is 32.7 Å². The van der Waals surface area contributed by atoms with Crippen molar-refractivity contribution >= 4 is 5.91 Å². The summed E-state index contributed by atoms with van der Waals surface area (Å²) in [6.45, 7) is 6.42. The fourth-order valence-electron chi connectivity index (χ4n) is 2.60. The monoisotopic (exact) mass is 226 g/mol. The van der Waals surface area contributed by atoms with Crippen LogP contribution in [-0.2, 0) is 9.53 Å². The molecule has 2 heterocycles. The standard InChI is InChI=1S/C12H22N2O2/c1-2-16-11-4-7-14(8-5-11)12(15)10-3-6-13-9-10/h10-11,13H,2-9H2,1H3. The zero-order valence-electron chi connectivity index (χ0n) is 10.1. The summed E-state index contributed by atoms with van der Waals surface area (Å²) >= 11 is 0. The summed E-state index contributed by atoms with van der Waals surface area (Å²) in [5.74, 6) is 0.573. The van der Waals surface area contributed by atoms with Crippen molar-refractivity contribution in [3.63, 3.8) is 0 Å². The van der Waals surface area contributed by atoms with Crippen LogP contribution in [-0.4, -0.2) is 49.7 Å². The van der Waals surface area contributed by atoms with E-state index in [1.807, 2.05) is 11.8 Å². The Labute approximate surface area is 97.3 Å². The van der Waals surface area contributed by atoms with Crippen LogP contribution in [0.4, 0.5) is 0 Å². The first-order valence-corrected chi connectivity index (χ1v) is 6.42. The highest BCUT2D eigenvalue weighted by Gasteiger charge is 2.29. The van der Waals surface area contributed by atoms with Crippen molar-refractivity contribution in [2.24, 2.45) is 5.92 Å². The van der Waals surface area contributed by atoms with Gasteiger partial charge in [0.15, 0.2) is 0 Å². The van der Waals surface area contributed by atoms with E-state index in [9.17, 15) is 4.79 Å². The third-order valence-electron chi connectivity index (χ3n) is 3.57. The van der Waals surface area contributed by atoms with E-state index in [-0.39, 0.29) is 5.92 Å². The molecule has 0 aromatic heterocycles. The van der Waals surface area contributed by atoms with Crippen molar-refractivity contribution in [3.8, 4) is 0 Å². The Morgan fingerprint density at radius 3 is 2.69 bits per heavy atom.